The van der Waals surface area contributed by atoms with Gasteiger partial charge in [0.15, 0.2) is 0 Å². The van der Waals surface area contributed by atoms with Crippen LogP contribution in [0.4, 0.5) is 0 Å². The number of halogens is 2. The standard InChI is InChI=1S/C19H16Br2O4/c1-13(19(23)25-12-15-5-3-7-17(21)10-15)8-18(22)24-11-14-4-2-6-16(20)9-14/h2-7,9-10H,1,8,11-12H2. The molecule has 0 aliphatic rings. The van der Waals surface area contributed by atoms with E-state index < -0.39 is 11.9 Å². The van der Waals surface area contributed by atoms with Crippen molar-refractivity contribution in [2.45, 2.75) is 19.6 Å². The summed E-state index contributed by atoms with van der Waals surface area (Å²) in [5.74, 6) is -1.14. The maximum absolute atomic E-state index is 11.9. The lowest BCUT2D eigenvalue weighted by atomic mass is 10.2. The zero-order valence-electron chi connectivity index (χ0n) is 13.3. The van der Waals surface area contributed by atoms with E-state index in [1.165, 1.54) is 0 Å². The van der Waals surface area contributed by atoms with Gasteiger partial charge in [-0.05, 0) is 35.4 Å². The van der Waals surface area contributed by atoms with Crippen LogP contribution in [0.5, 0.6) is 0 Å². The molecule has 2 rings (SSSR count). The lowest BCUT2D eigenvalue weighted by molar-refractivity contribution is -0.147. The molecule has 2 aromatic rings. The molecule has 4 nitrogen and oxygen atoms in total. The van der Waals surface area contributed by atoms with Crippen molar-refractivity contribution in [3.63, 3.8) is 0 Å². The molecule has 0 fully saturated rings. The summed E-state index contributed by atoms with van der Waals surface area (Å²) < 4.78 is 12.1. The van der Waals surface area contributed by atoms with Gasteiger partial charge in [-0.25, -0.2) is 4.79 Å². The molecule has 0 heterocycles. The molecular weight excluding hydrogens is 452 g/mol. The summed E-state index contributed by atoms with van der Waals surface area (Å²) in [6, 6.07) is 14.9. The minimum atomic E-state index is -0.612. The lowest BCUT2D eigenvalue weighted by Gasteiger charge is -2.08. The lowest BCUT2D eigenvalue weighted by Crippen LogP contribution is -2.13. The molecule has 0 unspecified atom stereocenters. The van der Waals surface area contributed by atoms with Crippen molar-refractivity contribution in [3.8, 4) is 0 Å². The number of ether oxygens (including phenoxy) is 2. The molecule has 0 aliphatic carbocycles. The first-order valence-corrected chi connectivity index (χ1v) is 9.02. The van der Waals surface area contributed by atoms with Crippen LogP contribution >= 0.6 is 31.9 Å². The minimum absolute atomic E-state index is 0.0641. The first kappa shape index (κ1) is 19.4. The van der Waals surface area contributed by atoms with E-state index in [-0.39, 0.29) is 25.2 Å². The van der Waals surface area contributed by atoms with Crippen LogP contribution in [0, 0.1) is 0 Å². The van der Waals surface area contributed by atoms with E-state index in [9.17, 15) is 9.59 Å². The fourth-order valence-corrected chi connectivity index (χ4v) is 2.86. The highest BCUT2D eigenvalue weighted by molar-refractivity contribution is 9.10. The molecule has 0 atom stereocenters. The van der Waals surface area contributed by atoms with E-state index in [2.05, 4.69) is 38.4 Å². The van der Waals surface area contributed by atoms with Crippen molar-refractivity contribution in [1.29, 1.82) is 0 Å². The van der Waals surface area contributed by atoms with Crippen molar-refractivity contribution in [1.82, 2.24) is 0 Å². The highest BCUT2D eigenvalue weighted by Gasteiger charge is 2.14. The van der Waals surface area contributed by atoms with Crippen molar-refractivity contribution in [3.05, 3.63) is 80.8 Å². The summed E-state index contributed by atoms with van der Waals surface area (Å²) in [5, 5.41) is 0. The van der Waals surface area contributed by atoms with Crippen molar-refractivity contribution in [2.24, 2.45) is 0 Å². The third-order valence-corrected chi connectivity index (χ3v) is 4.18. The third kappa shape index (κ3) is 6.84. The van der Waals surface area contributed by atoms with Gasteiger partial charge in [0.05, 0.1) is 6.42 Å². The van der Waals surface area contributed by atoms with E-state index in [0.717, 1.165) is 20.1 Å². The Hall–Kier alpha value is -1.92. The Bertz CT molecular complexity index is 786. The van der Waals surface area contributed by atoms with Gasteiger partial charge in [-0.15, -0.1) is 0 Å². The van der Waals surface area contributed by atoms with Crippen molar-refractivity contribution < 1.29 is 19.1 Å². The minimum Gasteiger partial charge on any atom is -0.461 e. The molecule has 2 aromatic carbocycles. The predicted octanol–water partition coefficient (Wildman–Crippen LogP) is 4.94. The molecule has 0 amide bonds. The van der Waals surface area contributed by atoms with Gasteiger partial charge < -0.3 is 9.47 Å². The number of hydrogen-bond donors (Lipinski definition) is 0. The zero-order valence-corrected chi connectivity index (χ0v) is 16.5. The third-order valence-electron chi connectivity index (χ3n) is 3.19. The van der Waals surface area contributed by atoms with Crippen LogP contribution in [0.1, 0.15) is 17.5 Å². The van der Waals surface area contributed by atoms with Gasteiger partial charge in [0.1, 0.15) is 13.2 Å². The van der Waals surface area contributed by atoms with Crippen LogP contribution in [0.15, 0.2) is 69.6 Å². The van der Waals surface area contributed by atoms with E-state index in [4.69, 9.17) is 9.47 Å². The molecule has 0 aliphatic heterocycles. The van der Waals surface area contributed by atoms with Gasteiger partial charge in [-0.3, -0.25) is 4.79 Å². The quantitative estimate of drug-likeness (QED) is 0.427. The predicted molar refractivity (Wildman–Crippen MR) is 102 cm³/mol. The highest BCUT2D eigenvalue weighted by Crippen LogP contribution is 2.15. The first-order valence-electron chi connectivity index (χ1n) is 7.43. The Morgan fingerprint density at radius 2 is 1.40 bits per heavy atom. The topological polar surface area (TPSA) is 52.6 Å². The van der Waals surface area contributed by atoms with E-state index in [1.807, 2.05) is 48.5 Å². The van der Waals surface area contributed by atoms with Gasteiger partial charge in [0.2, 0.25) is 0 Å². The van der Waals surface area contributed by atoms with Gasteiger partial charge in [-0.1, -0.05) is 62.7 Å². The molecule has 0 spiro atoms. The molecule has 0 saturated heterocycles. The SMILES string of the molecule is C=C(CC(=O)OCc1cccc(Br)c1)C(=O)OCc1cccc(Br)c1. The fraction of sp³-hybridized carbons (Fsp3) is 0.158. The van der Waals surface area contributed by atoms with Crippen molar-refractivity contribution >= 4 is 43.8 Å². The molecule has 0 saturated carbocycles. The van der Waals surface area contributed by atoms with E-state index in [0.29, 0.717) is 0 Å². The Morgan fingerprint density at radius 3 is 1.92 bits per heavy atom. The van der Waals surface area contributed by atoms with E-state index >= 15 is 0 Å². The summed E-state index contributed by atoms with van der Waals surface area (Å²) in [6.07, 6.45) is -0.203. The van der Waals surface area contributed by atoms with Crippen LogP contribution in [-0.2, 0) is 32.3 Å². The summed E-state index contributed by atoms with van der Waals surface area (Å²) in [4.78, 5) is 23.7. The second-order valence-electron chi connectivity index (χ2n) is 5.28. The molecule has 130 valence electrons. The van der Waals surface area contributed by atoms with Gasteiger partial charge >= 0.3 is 11.9 Å². The second-order valence-corrected chi connectivity index (χ2v) is 7.11. The molecular formula is C19H16Br2O4. The summed E-state index contributed by atoms with van der Waals surface area (Å²) in [6.45, 7) is 3.85. The van der Waals surface area contributed by atoms with E-state index in [1.54, 1.807) is 0 Å². The number of rotatable bonds is 7. The van der Waals surface area contributed by atoms with Gasteiger partial charge in [0, 0.05) is 14.5 Å². The monoisotopic (exact) mass is 466 g/mol. The number of carbonyl (C=O) groups is 2. The van der Waals surface area contributed by atoms with Crippen molar-refractivity contribution in [2.75, 3.05) is 0 Å². The maximum Gasteiger partial charge on any atom is 0.334 e. The Balaban J connectivity index is 1.76. The van der Waals surface area contributed by atoms with Gasteiger partial charge in [0.25, 0.3) is 0 Å². The average molecular weight is 468 g/mol. The number of esters is 2. The maximum atomic E-state index is 11.9. The fourth-order valence-electron chi connectivity index (χ4n) is 1.97. The van der Waals surface area contributed by atoms with Crippen LogP contribution in [0.25, 0.3) is 0 Å². The van der Waals surface area contributed by atoms with Crippen LogP contribution < -0.4 is 0 Å². The number of hydrogen-bond acceptors (Lipinski definition) is 4. The number of benzene rings is 2. The van der Waals surface area contributed by atoms with Crippen LogP contribution in [0.2, 0.25) is 0 Å². The molecule has 25 heavy (non-hydrogen) atoms. The second kappa shape index (κ2) is 9.53. The van der Waals surface area contributed by atoms with Crippen LogP contribution in [0.3, 0.4) is 0 Å². The Morgan fingerprint density at radius 1 is 0.880 bits per heavy atom. The largest absolute Gasteiger partial charge is 0.461 e. The molecule has 0 N–H and O–H groups in total. The number of carbonyl (C=O) groups excluding carboxylic acids is 2. The normalized spacial score (nSPS) is 10.2. The smallest absolute Gasteiger partial charge is 0.334 e. The van der Waals surface area contributed by atoms with Crippen LogP contribution in [-0.4, -0.2) is 11.9 Å². The summed E-state index contributed by atoms with van der Waals surface area (Å²) in [7, 11) is 0. The molecule has 0 radical (unpaired) electrons. The zero-order chi connectivity index (χ0) is 18.2. The summed E-state index contributed by atoms with van der Waals surface area (Å²) >= 11 is 6.70. The molecule has 0 aromatic heterocycles. The summed E-state index contributed by atoms with van der Waals surface area (Å²) in [5.41, 5.74) is 1.76. The average Bonchev–Trinajstić information content (AvgIpc) is 2.58. The van der Waals surface area contributed by atoms with Gasteiger partial charge in [-0.2, -0.15) is 0 Å². The highest BCUT2D eigenvalue weighted by atomic mass is 79.9. The molecule has 0 bridgehead atoms. The first-order chi connectivity index (χ1) is 11.9. The molecule has 6 heteroatoms. The Labute approximate surface area is 163 Å². The Kier molecular flexibility index (Phi) is 7.40.